The van der Waals surface area contributed by atoms with Crippen LogP contribution in [0.15, 0.2) is 71.9 Å². The first-order valence-corrected chi connectivity index (χ1v) is 12.2. The molecule has 1 heterocycles. The Morgan fingerprint density at radius 3 is 2.42 bits per heavy atom. The second-order valence-corrected chi connectivity index (χ2v) is 9.84. The predicted octanol–water partition coefficient (Wildman–Crippen LogP) is 4.24. The Bertz CT molecular complexity index is 1180. The summed E-state index contributed by atoms with van der Waals surface area (Å²) in [6.07, 6.45) is 4.61. The zero-order chi connectivity index (χ0) is 23.8. The van der Waals surface area contributed by atoms with Crippen LogP contribution in [0.5, 0.6) is 0 Å². The molecule has 33 heavy (non-hydrogen) atoms. The summed E-state index contributed by atoms with van der Waals surface area (Å²) >= 11 is 6.08. The van der Waals surface area contributed by atoms with Gasteiger partial charge in [-0.1, -0.05) is 23.7 Å². The number of nitrogens with one attached hydrogen (secondary N) is 1. The number of hydrogen-bond acceptors (Lipinski definition) is 6. The van der Waals surface area contributed by atoms with Crippen molar-refractivity contribution in [1.29, 1.82) is 0 Å². The van der Waals surface area contributed by atoms with E-state index in [0.717, 1.165) is 18.4 Å². The Hall–Kier alpha value is -2.78. The van der Waals surface area contributed by atoms with Crippen LogP contribution in [-0.2, 0) is 21.2 Å². The molecular formula is C24H26ClN3O4S. The first-order valence-electron chi connectivity index (χ1n) is 10.3. The normalized spacial score (nSPS) is 11.5. The lowest BCUT2D eigenvalue weighted by Crippen LogP contribution is -2.16. The molecule has 9 heteroatoms. The van der Waals surface area contributed by atoms with Crippen molar-refractivity contribution < 1.29 is 17.9 Å². The minimum absolute atomic E-state index is 0.104. The van der Waals surface area contributed by atoms with E-state index in [-0.39, 0.29) is 21.9 Å². The maximum Gasteiger partial charge on any atom is 0.261 e. The van der Waals surface area contributed by atoms with Gasteiger partial charge in [0, 0.05) is 35.2 Å². The summed E-state index contributed by atoms with van der Waals surface area (Å²) in [5, 5.41) is 0.328. The highest BCUT2D eigenvalue weighted by atomic mass is 35.5. The largest absolute Gasteiger partial charge is 0.366 e. The van der Waals surface area contributed by atoms with Crippen molar-refractivity contribution in [3.05, 3.63) is 88.7 Å². The van der Waals surface area contributed by atoms with Gasteiger partial charge in [-0.15, -0.1) is 0 Å². The number of hydrogen-bond donors (Lipinski definition) is 1. The van der Waals surface area contributed by atoms with Crippen molar-refractivity contribution in [3.63, 3.8) is 0 Å². The molecule has 0 saturated heterocycles. The molecule has 0 bridgehead atoms. The van der Waals surface area contributed by atoms with Gasteiger partial charge in [0.15, 0.2) is 5.78 Å². The van der Waals surface area contributed by atoms with E-state index in [1.165, 1.54) is 30.6 Å². The number of pyridine rings is 1. The summed E-state index contributed by atoms with van der Waals surface area (Å²) in [6, 6.07) is 14.3. The van der Waals surface area contributed by atoms with E-state index in [2.05, 4.69) is 9.71 Å². The summed E-state index contributed by atoms with van der Waals surface area (Å²) in [6.45, 7) is 1.20. The van der Waals surface area contributed by atoms with Gasteiger partial charge in [-0.3, -0.25) is 19.4 Å². The molecule has 0 radical (unpaired) electrons. The molecule has 0 aliphatic carbocycles. The number of sulfonamides is 1. The van der Waals surface area contributed by atoms with Crippen LogP contribution in [0.4, 0.5) is 5.69 Å². The number of ketones is 1. The predicted molar refractivity (Wildman–Crippen MR) is 129 cm³/mol. The third kappa shape index (κ3) is 7.10. The first kappa shape index (κ1) is 24.9. The number of benzene rings is 2. The lowest BCUT2D eigenvalue weighted by Gasteiger charge is -2.13. The van der Waals surface area contributed by atoms with Gasteiger partial charge in [-0.25, -0.2) is 8.42 Å². The van der Waals surface area contributed by atoms with Gasteiger partial charge in [0.2, 0.25) is 0 Å². The van der Waals surface area contributed by atoms with Gasteiger partial charge < -0.3 is 4.74 Å². The fourth-order valence-corrected chi connectivity index (χ4v) is 4.37. The third-order valence-electron chi connectivity index (χ3n) is 4.75. The van der Waals surface area contributed by atoms with E-state index in [0.29, 0.717) is 23.9 Å². The molecule has 0 amide bonds. The summed E-state index contributed by atoms with van der Waals surface area (Å²) < 4.78 is 34.0. The number of nitrogens with zero attached hydrogens (tertiary/aromatic N) is 2. The van der Waals surface area contributed by atoms with Gasteiger partial charge in [-0.2, -0.15) is 0 Å². The number of halogens is 1. The SMILES string of the molecule is CN(C)COCCCc1ccc(S(=O)(=O)Nc2ccc(Cl)cc2C(=O)c2ccncc2)cc1. The van der Waals surface area contributed by atoms with E-state index >= 15 is 0 Å². The van der Waals surface area contributed by atoms with Crippen molar-refractivity contribution >= 4 is 33.1 Å². The smallest absolute Gasteiger partial charge is 0.261 e. The minimum atomic E-state index is -3.91. The summed E-state index contributed by atoms with van der Waals surface area (Å²) in [7, 11) is -0.0282. The lowest BCUT2D eigenvalue weighted by molar-refractivity contribution is 0.0550. The van der Waals surface area contributed by atoms with Crippen LogP contribution in [0.1, 0.15) is 27.9 Å². The van der Waals surface area contributed by atoms with Crippen LogP contribution in [-0.4, -0.2) is 51.5 Å². The molecule has 0 atom stereocenters. The molecule has 0 aliphatic heterocycles. The summed E-state index contributed by atoms with van der Waals surface area (Å²) in [4.78, 5) is 18.9. The maximum atomic E-state index is 13.0. The molecule has 0 aliphatic rings. The highest BCUT2D eigenvalue weighted by Crippen LogP contribution is 2.26. The average Bonchev–Trinajstić information content (AvgIpc) is 2.80. The molecule has 1 N–H and O–H groups in total. The Labute approximate surface area is 199 Å². The minimum Gasteiger partial charge on any atom is -0.366 e. The summed E-state index contributed by atoms with van der Waals surface area (Å²) in [5.41, 5.74) is 1.71. The highest BCUT2D eigenvalue weighted by molar-refractivity contribution is 7.92. The Kier molecular flexibility index (Phi) is 8.57. The van der Waals surface area contributed by atoms with Crippen LogP contribution < -0.4 is 4.72 Å². The van der Waals surface area contributed by atoms with Crippen molar-refractivity contribution in [3.8, 4) is 0 Å². The van der Waals surface area contributed by atoms with Crippen molar-refractivity contribution in [2.45, 2.75) is 17.7 Å². The Balaban J connectivity index is 1.72. The number of aromatic nitrogens is 1. The quantitative estimate of drug-likeness (QED) is 0.247. The number of anilines is 1. The molecule has 0 unspecified atom stereocenters. The average molecular weight is 488 g/mol. The molecule has 3 rings (SSSR count). The number of carbonyl (C=O) groups excluding carboxylic acids is 1. The van der Waals surface area contributed by atoms with Crippen LogP contribution >= 0.6 is 11.6 Å². The molecule has 0 fully saturated rings. The molecule has 3 aromatic rings. The standard InChI is InChI=1S/C24H26ClN3O4S/c1-28(2)17-32-15-3-4-18-5-8-21(9-6-18)33(30,31)27-23-10-7-20(25)16-22(23)24(29)19-11-13-26-14-12-19/h5-14,16,27H,3-4,15,17H2,1-2H3. The van der Waals surface area contributed by atoms with Crippen molar-refractivity contribution in [2.24, 2.45) is 0 Å². The lowest BCUT2D eigenvalue weighted by atomic mass is 10.0. The number of carbonyl (C=O) groups is 1. The molecule has 7 nitrogen and oxygen atoms in total. The molecule has 0 spiro atoms. The van der Waals surface area contributed by atoms with E-state index in [1.807, 2.05) is 19.0 Å². The number of aryl methyl sites for hydroxylation is 1. The molecule has 0 saturated carbocycles. The molecule has 2 aromatic carbocycles. The zero-order valence-electron chi connectivity index (χ0n) is 18.5. The maximum absolute atomic E-state index is 13.0. The highest BCUT2D eigenvalue weighted by Gasteiger charge is 2.20. The van der Waals surface area contributed by atoms with Gasteiger partial charge in [0.05, 0.1) is 17.3 Å². The van der Waals surface area contributed by atoms with E-state index in [4.69, 9.17) is 16.3 Å². The van der Waals surface area contributed by atoms with Crippen LogP contribution in [0.2, 0.25) is 5.02 Å². The zero-order valence-corrected chi connectivity index (χ0v) is 20.1. The van der Waals surface area contributed by atoms with Crippen molar-refractivity contribution in [1.82, 2.24) is 9.88 Å². The van der Waals surface area contributed by atoms with Gasteiger partial charge in [0.1, 0.15) is 0 Å². The fourth-order valence-electron chi connectivity index (χ4n) is 3.12. The van der Waals surface area contributed by atoms with Gasteiger partial charge >= 0.3 is 0 Å². The molecule has 1 aromatic heterocycles. The van der Waals surface area contributed by atoms with Crippen LogP contribution in [0.3, 0.4) is 0 Å². The van der Waals surface area contributed by atoms with Crippen molar-refractivity contribution in [2.75, 3.05) is 32.2 Å². The van der Waals surface area contributed by atoms with E-state index in [1.54, 1.807) is 36.4 Å². The van der Waals surface area contributed by atoms with E-state index < -0.39 is 10.0 Å². The molecular weight excluding hydrogens is 462 g/mol. The van der Waals surface area contributed by atoms with Crippen LogP contribution in [0.25, 0.3) is 0 Å². The van der Waals surface area contributed by atoms with Crippen LogP contribution in [0, 0.1) is 0 Å². The molecule has 174 valence electrons. The Morgan fingerprint density at radius 1 is 1.06 bits per heavy atom. The van der Waals surface area contributed by atoms with Gasteiger partial charge in [0.25, 0.3) is 10.0 Å². The second-order valence-electron chi connectivity index (χ2n) is 7.72. The number of rotatable bonds is 11. The monoisotopic (exact) mass is 487 g/mol. The fraction of sp³-hybridized carbons (Fsp3) is 0.250. The van der Waals surface area contributed by atoms with Gasteiger partial charge in [-0.05, 0) is 75.0 Å². The topological polar surface area (TPSA) is 88.6 Å². The number of ether oxygens (including phenoxy) is 1. The third-order valence-corrected chi connectivity index (χ3v) is 6.37. The summed E-state index contributed by atoms with van der Waals surface area (Å²) in [5.74, 6) is -0.357. The van der Waals surface area contributed by atoms with E-state index in [9.17, 15) is 13.2 Å². The second kappa shape index (κ2) is 11.4. The first-order chi connectivity index (χ1) is 15.8. The Morgan fingerprint density at radius 2 is 1.76 bits per heavy atom.